The van der Waals surface area contributed by atoms with Crippen molar-refractivity contribution in [3.05, 3.63) is 0 Å². The van der Waals surface area contributed by atoms with Gasteiger partial charge in [-0.05, 0) is 45.3 Å². The molecule has 78 valence electrons. The van der Waals surface area contributed by atoms with E-state index in [1.165, 1.54) is 25.7 Å². The maximum absolute atomic E-state index is 9.41. The Morgan fingerprint density at radius 2 is 1.57 bits per heavy atom. The van der Waals surface area contributed by atoms with Crippen molar-refractivity contribution in [1.29, 1.82) is 5.26 Å². The first-order valence-corrected chi connectivity index (χ1v) is 9.00. The Morgan fingerprint density at radius 1 is 1.14 bits per heavy atom. The average Bonchev–Trinajstić information content (AvgIpc) is 2.83. The lowest BCUT2D eigenvalue weighted by Crippen LogP contribution is -2.45. The molecule has 0 amide bonds. The molecule has 0 aromatic rings. The van der Waals surface area contributed by atoms with Gasteiger partial charge in [-0.25, -0.2) is 0 Å². The van der Waals surface area contributed by atoms with Crippen LogP contribution >= 0.6 is 0 Å². The van der Waals surface area contributed by atoms with Gasteiger partial charge >= 0.3 is 0 Å². The lowest BCUT2D eigenvalue weighted by Gasteiger charge is -2.34. The van der Waals surface area contributed by atoms with Crippen molar-refractivity contribution in [2.24, 2.45) is 11.8 Å². The van der Waals surface area contributed by atoms with Crippen molar-refractivity contribution >= 4 is 8.32 Å². The van der Waals surface area contributed by atoms with Crippen LogP contribution in [0.2, 0.25) is 19.6 Å². The van der Waals surface area contributed by atoms with Gasteiger partial charge in [0.2, 0.25) is 0 Å². The van der Waals surface area contributed by atoms with Gasteiger partial charge in [-0.15, -0.1) is 0 Å². The van der Waals surface area contributed by atoms with E-state index < -0.39 is 8.32 Å². The third-order valence-electron chi connectivity index (χ3n) is 3.02. The molecule has 0 atom stereocenters. The highest BCUT2D eigenvalue weighted by atomic mass is 28.4. The molecule has 3 heteroatoms. The minimum absolute atomic E-state index is 0.384. The maximum atomic E-state index is 9.41. The lowest BCUT2D eigenvalue weighted by atomic mass is 9.94. The monoisotopic (exact) mass is 209 g/mol. The predicted octanol–water partition coefficient (Wildman–Crippen LogP) is 2.92. The van der Waals surface area contributed by atoms with Crippen molar-refractivity contribution in [2.45, 2.75) is 50.9 Å². The Morgan fingerprint density at radius 3 is 1.79 bits per heavy atom. The van der Waals surface area contributed by atoms with Crippen LogP contribution in [0.3, 0.4) is 0 Å². The molecule has 14 heavy (non-hydrogen) atoms. The second-order valence-electron chi connectivity index (χ2n) is 5.67. The van der Waals surface area contributed by atoms with Gasteiger partial charge in [-0.2, -0.15) is 5.26 Å². The molecule has 0 bridgehead atoms. The minimum atomic E-state index is -1.58. The fraction of sp³-hybridized carbons (Fsp3) is 0.909. The molecule has 0 aromatic carbocycles. The third kappa shape index (κ3) is 1.87. The van der Waals surface area contributed by atoms with Gasteiger partial charge in [0.25, 0.3) is 0 Å². The molecular weight excluding hydrogens is 190 g/mol. The quantitative estimate of drug-likeness (QED) is 0.667. The van der Waals surface area contributed by atoms with Gasteiger partial charge in [0, 0.05) is 11.8 Å². The van der Waals surface area contributed by atoms with E-state index in [4.69, 9.17) is 4.43 Å². The van der Waals surface area contributed by atoms with Crippen LogP contribution in [0.1, 0.15) is 25.7 Å². The van der Waals surface area contributed by atoms with Crippen molar-refractivity contribution in [3.63, 3.8) is 0 Å². The first kappa shape index (κ1) is 10.2. The molecular formula is C11H19NOSi. The summed E-state index contributed by atoms with van der Waals surface area (Å²) in [6.45, 7) is 6.55. The van der Waals surface area contributed by atoms with E-state index in [1.807, 2.05) is 0 Å². The summed E-state index contributed by atoms with van der Waals surface area (Å²) < 4.78 is 6.20. The molecule has 0 aliphatic heterocycles. The van der Waals surface area contributed by atoms with Crippen LogP contribution in [0.4, 0.5) is 0 Å². The largest absolute Gasteiger partial charge is 0.399 e. The zero-order valence-electron chi connectivity index (χ0n) is 9.34. The van der Waals surface area contributed by atoms with Crippen LogP contribution < -0.4 is 0 Å². The van der Waals surface area contributed by atoms with Crippen LogP contribution in [0.5, 0.6) is 0 Å². The molecule has 0 spiro atoms. The van der Waals surface area contributed by atoms with Gasteiger partial charge < -0.3 is 4.43 Å². The number of hydrogen-bond donors (Lipinski definition) is 0. The molecule has 2 saturated carbocycles. The van der Waals surface area contributed by atoms with Gasteiger partial charge in [0.15, 0.2) is 8.32 Å². The van der Waals surface area contributed by atoms with Crippen LogP contribution in [0.25, 0.3) is 0 Å². The standard InChI is InChI=1S/C11H19NOSi/c1-14(2,3)13-11(8-12,9-4-5-9)10-6-7-10/h9-10H,4-7H2,1-3H3. The number of nitrogens with zero attached hydrogens (tertiary/aromatic N) is 1. The van der Waals surface area contributed by atoms with Gasteiger partial charge in [-0.1, -0.05) is 0 Å². The van der Waals surface area contributed by atoms with E-state index in [9.17, 15) is 5.26 Å². The van der Waals surface area contributed by atoms with Gasteiger partial charge in [-0.3, -0.25) is 0 Å². The SMILES string of the molecule is C[Si](C)(C)OC(C#N)(C1CC1)C1CC1. The fourth-order valence-corrected chi connectivity index (χ4v) is 3.63. The van der Waals surface area contributed by atoms with Crippen LogP contribution in [0, 0.1) is 23.2 Å². The number of hydrogen-bond acceptors (Lipinski definition) is 2. The summed E-state index contributed by atoms with van der Waals surface area (Å²) in [6.07, 6.45) is 4.81. The second-order valence-corrected chi connectivity index (χ2v) is 10.1. The highest BCUT2D eigenvalue weighted by Gasteiger charge is 2.57. The third-order valence-corrected chi connectivity index (χ3v) is 3.97. The molecule has 2 rings (SSSR count). The molecule has 0 saturated heterocycles. The summed E-state index contributed by atoms with van der Waals surface area (Å²) in [4.78, 5) is 0. The average molecular weight is 209 g/mol. The van der Waals surface area contributed by atoms with E-state index in [1.54, 1.807) is 0 Å². The van der Waals surface area contributed by atoms with Gasteiger partial charge in [0.1, 0.15) is 5.60 Å². The highest BCUT2D eigenvalue weighted by molar-refractivity contribution is 6.69. The molecule has 0 unspecified atom stereocenters. The Balaban J connectivity index is 2.16. The zero-order chi connectivity index (χ0) is 10.4. The Hall–Kier alpha value is -0.333. The topological polar surface area (TPSA) is 33.0 Å². The van der Waals surface area contributed by atoms with Gasteiger partial charge in [0.05, 0.1) is 6.07 Å². The summed E-state index contributed by atoms with van der Waals surface area (Å²) in [6, 6.07) is 2.51. The maximum Gasteiger partial charge on any atom is 0.185 e. The Bertz CT molecular complexity index is 256. The molecule has 2 aliphatic carbocycles. The van der Waals surface area contributed by atoms with E-state index >= 15 is 0 Å². The molecule has 2 nitrogen and oxygen atoms in total. The Kier molecular flexibility index (Phi) is 2.24. The van der Waals surface area contributed by atoms with Crippen LogP contribution in [0.15, 0.2) is 0 Å². The summed E-state index contributed by atoms with van der Waals surface area (Å²) >= 11 is 0. The fourth-order valence-electron chi connectivity index (χ4n) is 2.24. The van der Waals surface area contributed by atoms with Crippen molar-refractivity contribution in [3.8, 4) is 6.07 Å². The number of nitriles is 1. The molecule has 2 fully saturated rings. The van der Waals surface area contributed by atoms with Crippen LogP contribution in [-0.4, -0.2) is 13.9 Å². The summed E-state index contributed by atoms with van der Waals surface area (Å²) in [7, 11) is -1.58. The van der Waals surface area contributed by atoms with E-state index in [0.717, 1.165) is 0 Å². The summed E-state index contributed by atoms with van der Waals surface area (Å²) in [5, 5.41) is 9.41. The highest BCUT2D eigenvalue weighted by Crippen LogP contribution is 2.54. The van der Waals surface area contributed by atoms with E-state index in [0.29, 0.717) is 11.8 Å². The molecule has 0 heterocycles. The minimum Gasteiger partial charge on any atom is -0.399 e. The van der Waals surface area contributed by atoms with Crippen molar-refractivity contribution in [2.75, 3.05) is 0 Å². The second kappa shape index (κ2) is 3.08. The van der Waals surface area contributed by atoms with Crippen molar-refractivity contribution < 1.29 is 4.43 Å². The summed E-state index contributed by atoms with van der Waals surface area (Å²) in [5.74, 6) is 1.10. The molecule has 2 aliphatic rings. The Labute approximate surface area is 87.4 Å². The molecule has 0 aromatic heterocycles. The zero-order valence-corrected chi connectivity index (χ0v) is 10.3. The van der Waals surface area contributed by atoms with Crippen molar-refractivity contribution in [1.82, 2.24) is 0 Å². The lowest BCUT2D eigenvalue weighted by molar-refractivity contribution is 0.0720. The number of rotatable bonds is 4. The first-order chi connectivity index (χ1) is 6.48. The van der Waals surface area contributed by atoms with E-state index in [-0.39, 0.29) is 5.60 Å². The first-order valence-electron chi connectivity index (χ1n) is 5.59. The summed E-state index contributed by atoms with van der Waals surface area (Å²) in [5.41, 5.74) is -0.384. The smallest absolute Gasteiger partial charge is 0.185 e. The van der Waals surface area contributed by atoms with E-state index in [2.05, 4.69) is 25.7 Å². The molecule has 0 N–H and O–H groups in total. The predicted molar refractivity (Wildman–Crippen MR) is 58.2 cm³/mol. The van der Waals surface area contributed by atoms with Crippen LogP contribution in [-0.2, 0) is 4.43 Å². The molecule has 0 radical (unpaired) electrons. The normalized spacial score (nSPS) is 23.3.